The van der Waals surface area contributed by atoms with E-state index in [2.05, 4.69) is 20.8 Å². The zero-order valence-corrected chi connectivity index (χ0v) is 16.0. The molecule has 0 aliphatic carbocycles. The molecule has 0 unspecified atom stereocenters. The topological polar surface area (TPSA) is 57.8 Å². The van der Waals surface area contributed by atoms with E-state index in [9.17, 15) is 9.90 Å². The van der Waals surface area contributed by atoms with Gasteiger partial charge in [-0.25, -0.2) is 9.78 Å². The average Bonchev–Trinajstić information content (AvgIpc) is 3.15. The predicted molar refractivity (Wildman–Crippen MR) is 102 cm³/mol. The SMILES string of the molecule is O=C(O)c1csc2nc(CN3CCCCC3)c(-c3ccc(Br)cc3)n12. The number of piperidine rings is 1. The molecule has 0 saturated carbocycles. The van der Waals surface area contributed by atoms with Gasteiger partial charge in [0.25, 0.3) is 0 Å². The molecule has 0 spiro atoms. The summed E-state index contributed by atoms with van der Waals surface area (Å²) >= 11 is 4.84. The number of thiazole rings is 1. The summed E-state index contributed by atoms with van der Waals surface area (Å²) in [6.07, 6.45) is 3.73. The minimum atomic E-state index is -0.925. The Kier molecular flexibility index (Phi) is 4.62. The fourth-order valence-electron chi connectivity index (χ4n) is 3.40. The van der Waals surface area contributed by atoms with Gasteiger partial charge in [0, 0.05) is 22.0 Å². The first-order chi connectivity index (χ1) is 12.1. The molecule has 3 heterocycles. The molecule has 1 saturated heterocycles. The van der Waals surface area contributed by atoms with Crippen LogP contribution in [0.4, 0.5) is 0 Å². The van der Waals surface area contributed by atoms with Gasteiger partial charge in [0.2, 0.25) is 0 Å². The van der Waals surface area contributed by atoms with Crippen LogP contribution in [0.2, 0.25) is 0 Å². The number of nitrogens with zero attached hydrogens (tertiary/aromatic N) is 3. The number of aromatic nitrogens is 2. The van der Waals surface area contributed by atoms with Gasteiger partial charge >= 0.3 is 5.97 Å². The monoisotopic (exact) mass is 419 g/mol. The number of halogens is 1. The maximum Gasteiger partial charge on any atom is 0.353 e. The molecule has 0 amide bonds. The van der Waals surface area contributed by atoms with E-state index >= 15 is 0 Å². The molecule has 0 bridgehead atoms. The first-order valence-electron chi connectivity index (χ1n) is 8.34. The first-order valence-corrected chi connectivity index (χ1v) is 10.0. The highest BCUT2D eigenvalue weighted by Gasteiger charge is 2.23. The van der Waals surface area contributed by atoms with Crippen LogP contribution in [0.15, 0.2) is 34.1 Å². The Bertz CT molecular complexity index is 910. The molecular weight excluding hydrogens is 402 g/mol. The Labute approximate surface area is 158 Å². The number of aromatic carboxylic acids is 1. The van der Waals surface area contributed by atoms with Crippen LogP contribution in [0.25, 0.3) is 16.2 Å². The van der Waals surface area contributed by atoms with Crippen molar-refractivity contribution in [2.24, 2.45) is 0 Å². The Balaban J connectivity index is 1.85. The predicted octanol–water partition coefficient (Wildman–Crippen LogP) is 4.51. The van der Waals surface area contributed by atoms with Gasteiger partial charge in [-0.1, -0.05) is 34.5 Å². The summed E-state index contributed by atoms with van der Waals surface area (Å²) in [4.78, 5) is 19.6. The zero-order chi connectivity index (χ0) is 17.4. The number of fused-ring (bicyclic) bond motifs is 1. The second-order valence-corrected chi connectivity index (χ2v) is 8.05. The van der Waals surface area contributed by atoms with Crippen molar-refractivity contribution in [2.45, 2.75) is 25.8 Å². The van der Waals surface area contributed by atoms with Crippen LogP contribution >= 0.6 is 27.3 Å². The lowest BCUT2D eigenvalue weighted by Crippen LogP contribution is -2.29. The maximum atomic E-state index is 11.7. The van der Waals surface area contributed by atoms with Crippen molar-refractivity contribution >= 4 is 38.2 Å². The second-order valence-electron chi connectivity index (χ2n) is 6.29. The molecule has 1 aliphatic rings. The molecule has 1 N–H and O–H groups in total. The van der Waals surface area contributed by atoms with Crippen molar-refractivity contribution in [1.82, 2.24) is 14.3 Å². The largest absolute Gasteiger partial charge is 0.477 e. The number of rotatable bonds is 4. The van der Waals surface area contributed by atoms with Crippen LogP contribution in [-0.4, -0.2) is 38.4 Å². The fourth-order valence-corrected chi connectivity index (χ4v) is 4.54. The van der Waals surface area contributed by atoms with Crippen molar-refractivity contribution in [2.75, 3.05) is 13.1 Å². The van der Waals surface area contributed by atoms with E-state index in [4.69, 9.17) is 4.98 Å². The lowest BCUT2D eigenvalue weighted by molar-refractivity contribution is 0.0690. The van der Waals surface area contributed by atoms with Crippen LogP contribution in [0, 0.1) is 0 Å². The second kappa shape index (κ2) is 6.90. The molecule has 5 nitrogen and oxygen atoms in total. The van der Waals surface area contributed by atoms with E-state index in [1.165, 1.54) is 30.6 Å². The Hall–Kier alpha value is -1.70. The number of benzene rings is 1. The molecule has 25 heavy (non-hydrogen) atoms. The van der Waals surface area contributed by atoms with Gasteiger partial charge in [-0.05, 0) is 38.1 Å². The zero-order valence-electron chi connectivity index (χ0n) is 13.6. The molecule has 130 valence electrons. The number of imidazole rings is 1. The summed E-state index contributed by atoms with van der Waals surface area (Å²) in [5.74, 6) is -0.925. The van der Waals surface area contributed by atoms with E-state index in [1.54, 1.807) is 9.78 Å². The van der Waals surface area contributed by atoms with Gasteiger partial charge in [0.1, 0.15) is 5.69 Å². The summed E-state index contributed by atoms with van der Waals surface area (Å²) in [5, 5.41) is 11.2. The number of carbonyl (C=O) groups is 1. The third-order valence-electron chi connectivity index (χ3n) is 4.59. The number of hydrogen-bond donors (Lipinski definition) is 1. The van der Waals surface area contributed by atoms with E-state index < -0.39 is 5.97 Å². The van der Waals surface area contributed by atoms with Crippen LogP contribution in [0.1, 0.15) is 35.4 Å². The quantitative estimate of drug-likeness (QED) is 0.675. The minimum absolute atomic E-state index is 0.273. The summed E-state index contributed by atoms with van der Waals surface area (Å²) in [6, 6.07) is 7.98. The van der Waals surface area contributed by atoms with Crippen molar-refractivity contribution in [3.63, 3.8) is 0 Å². The highest BCUT2D eigenvalue weighted by Crippen LogP contribution is 2.31. The molecule has 3 aromatic rings. The first kappa shape index (κ1) is 16.8. The third kappa shape index (κ3) is 3.23. The molecule has 2 aromatic heterocycles. The van der Waals surface area contributed by atoms with E-state index in [0.29, 0.717) is 0 Å². The van der Waals surface area contributed by atoms with Crippen molar-refractivity contribution < 1.29 is 9.90 Å². The van der Waals surface area contributed by atoms with Crippen molar-refractivity contribution in [1.29, 1.82) is 0 Å². The van der Waals surface area contributed by atoms with Gasteiger partial charge in [-0.3, -0.25) is 9.30 Å². The van der Waals surface area contributed by atoms with E-state index in [1.807, 2.05) is 24.3 Å². The molecule has 7 heteroatoms. The van der Waals surface area contributed by atoms with Gasteiger partial charge in [0.05, 0.1) is 11.4 Å². The number of hydrogen-bond acceptors (Lipinski definition) is 4. The fraction of sp³-hybridized carbons (Fsp3) is 0.333. The van der Waals surface area contributed by atoms with E-state index in [-0.39, 0.29) is 5.69 Å². The molecule has 1 aliphatic heterocycles. The third-order valence-corrected chi connectivity index (χ3v) is 5.95. The Morgan fingerprint density at radius 2 is 1.92 bits per heavy atom. The van der Waals surface area contributed by atoms with Gasteiger partial charge in [-0.2, -0.15) is 0 Å². The lowest BCUT2D eigenvalue weighted by Gasteiger charge is -2.26. The summed E-state index contributed by atoms with van der Waals surface area (Å²) < 4.78 is 2.79. The van der Waals surface area contributed by atoms with Gasteiger partial charge < -0.3 is 5.11 Å². The Morgan fingerprint density at radius 1 is 1.20 bits per heavy atom. The maximum absolute atomic E-state index is 11.7. The average molecular weight is 420 g/mol. The normalized spacial score (nSPS) is 15.7. The summed E-state index contributed by atoms with van der Waals surface area (Å²) in [7, 11) is 0. The molecule has 0 atom stereocenters. The smallest absolute Gasteiger partial charge is 0.353 e. The summed E-state index contributed by atoms with van der Waals surface area (Å²) in [5.41, 5.74) is 3.12. The molecule has 1 aromatic carbocycles. The van der Waals surface area contributed by atoms with Crippen LogP contribution in [0.5, 0.6) is 0 Å². The summed E-state index contributed by atoms with van der Waals surface area (Å²) in [6.45, 7) is 2.92. The van der Waals surface area contributed by atoms with Crippen LogP contribution in [0.3, 0.4) is 0 Å². The number of carboxylic acids is 1. The van der Waals surface area contributed by atoms with Crippen LogP contribution in [-0.2, 0) is 6.54 Å². The highest BCUT2D eigenvalue weighted by atomic mass is 79.9. The molecular formula is C18H18BrN3O2S. The highest BCUT2D eigenvalue weighted by molar-refractivity contribution is 9.10. The van der Waals surface area contributed by atoms with Crippen LogP contribution < -0.4 is 0 Å². The number of carboxylic acid groups (broad SMARTS) is 1. The molecule has 1 fully saturated rings. The van der Waals surface area contributed by atoms with E-state index in [0.717, 1.165) is 46.0 Å². The minimum Gasteiger partial charge on any atom is -0.477 e. The molecule has 0 radical (unpaired) electrons. The standard InChI is InChI=1S/C18H18BrN3O2S/c19-13-6-4-12(5-7-13)16-14(10-21-8-2-1-3-9-21)20-18-22(16)15(11-25-18)17(23)24/h4-7,11H,1-3,8-10H2,(H,23,24). The van der Waals surface area contributed by atoms with Gasteiger partial charge in [0.15, 0.2) is 4.96 Å². The van der Waals surface area contributed by atoms with Crippen molar-refractivity contribution in [3.05, 3.63) is 45.5 Å². The van der Waals surface area contributed by atoms with Crippen molar-refractivity contribution in [3.8, 4) is 11.3 Å². The lowest BCUT2D eigenvalue weighted by atomic mass is 10.1. The Morgan fingerprint density at radius 3 is 2.60 bits per heavy atom. The number of likely N-dealkylation sites (tertiary alicyclic amines) is 1. The molecule has 4 rings (SSSR count). The van der Waals surface area contributed by atoms with Gasteiger partial charge in [-0.15, -0.1) is 11.3 Å².